The number of rotatable bonds is 3. The number of carbonyl (C=O) groups excluding carboxylic acids is 1. The zero-order chi connectivity index (χ0) is 13.8. The van der Waals surface area contributed by atoms with Crippen LogP contribution in [0.2, 0.25) is 0 Å². The summed E-state index contributed by atoms with van der Waals surface area (Å²) in [5.41, 5.74) is 0.257. The highest BCUT2D eigenvalue weighted by Gasteiger charge is 2.11. The lowest BCUT2D eigenvalue weighted by Crippen LogP contribution is -2.17. The number of halogens is 1. The third-order valence-electron chi connectivity index (χ3n) is 2.31. The van der Waals surface area contributed by atoms with Crippen LogP contribution in [0.1, 0.15) is 10.5 Å². The van der Waals surface area contributed by atoms with Crippen molar-refractivity contribution in [1.29, 1.82) is 0 Å². The average Bonchev–Trinajstić information content (AvgIpc) is 2.39. The molecule has 0 radical (unpaired) electrons. The number of benzene rings is 1. The van der Waals surface area contributed by atoms with E-state index in [1.807, 2.05) is 0 Å². The maximum atomic E-state index is 11.9. The summed E-state index contributed by atoms with van der Waals surface area (Å²) in [6, 6.07) is 5.23. The third kappa shape index (κ3) is 3.19. The van der Waals surface area contributed by atoms with Gasteiger partial charge in [0, 0.05) is 10.7 Å². The number of carbonyl (C=O) groups is 1. The largest absolute Gasteiger partial charge is 0.495 e. The number of H-pyrrole nitrogens is 1. The summed E-state index contributed by atoms with van der Waals surface area (Å²) >= 11 is 3.31. The molecule has 6 nitrogen and oxygen atoms in total. The zero-order valence-electron chi connectivity index (χ0n) is 9.94. The Kier molecular flexibility index (Phi) is 3.96. The molecule has 2 aromatic rings. The smallest absolute Gasteiger partial charge is 0.275 e. The second-order valence-electron chi connectivity index (χ2n) is 3.60. The summed E-state index contributed by atoms with van der Waals surface area (Å²) < 4.78 is 5.95. The summed E-state index contributed by atoms with van der Waals surface area (Å²) in [5.74, 6) is 0.0913. The van der Waals surface area contributed by atoms with Crippen LogP contribution in [0.15, 0.2) is 39.9 Å². The van der Waals surface area contributed by atoms with Crippen molar-refractivity contribution in [1.82, 2.24) is 9.97 Å². The summed E-state index contributed by atoms with van der Waals surface area (Å²) in [7, 11) is 1.51. The van der Waals surface area contributed by atoms with E-state index in [9.17, 15) is 9.59 Å². The van der Waals surface area contributed by atoms with Gasteiger partial charge in [-0.1, -0.05) is 15.9 Å². The fourth-order valence-corrected chi connectivity index (χ4v) is 1.79. The van der Waals surface area contributed by atoms with Gasteiger partial charge < -0.3 is 15.0 Å². The van der Waals surface area contributed by atoms with Gasteiger partial charge in [-0.2, -0.15) is 0 Å². The molecule has 1 aromatic heterocycles. The van der Waals surface area contributed by atoms with Crippen LogP contribution in [0.4, 0.5) is 5.69 Å². The Morgan fingerprint density at radius 1 is 1.47 bits per heavy atom. The number of aromatic amines is 1. The number of amides is 1. The van der Waals surface area contributed by atoms with Crippen LogP contribution >= 0.6 is 15.9 Å². The summed E-state index contributed by atoms with van der Waals surface area (Å²) in [4.78, 5) is 28.9. The van der Waals surface area contributed by atoms with Gasteiger partial charge in [0.1, 0.15) is 11.4 Å². The molecule has 0 aliphatic heterocycles. The number of nitrogens with one attached hydrogen (secondary N) is 2. The minimum Gasteiger partial charge on any atom is -0.495 e. The monoisotopic (exact) mass is 323 g/mol. The van der Waals surface area contributed by atoms with Crippen molar-refractivity contribution >= 4 is 27.5 Å². The molecule has 2 rings (SSSR count). The van der Waals surface area contributed by atoms with Gasteiger partial charge in [0.25, 0.3) is 11.5 Å². The Morgan fingerprint density at radius 2 is 2.26 bits per heavy atom. The quantitative estimate of drug-likeness (QED) is 0.902. The first-order valence-corrected chi connectivity index (χ1v) is 6.09. The van der Waals surface area contributed by atoms with E-state index < -0.39 is 5.91 Å². The van der Waals surface area contributed by atoms with Crippen molar-refractivity contribution in [3.8, 4) is 5.75 Å². The lowest BCUT2D eigenvalue weighted by molar-refractivity contribution is 0.102. The van der Waals surface area contributed by atoms with Crippen LogP contribution in [0.25, 0.3) is 0 Å². The molecule has 0 aliphatic rings. The van der Waals surface area contributed by atoms with Gasteiger partial charge in [-0.3, -0.25) is 9.59 Å². The molecule has 0 fully saturated rings. The number of hydrogen-bond donors (Lipinski definition) is 2. The molecular weight excluding hydrogens is 314 g/mol. The zero-order valence-corrected chi connectivity index (χ0v) is 11.5. The molecule has 0 spiro atoms. The summed E-state index contributed by atoms with van der Waals surface area (Å²) in [6.07, 6.45) is 2.30. The number of hydrogen-bond acceptors (Lipinski definition) is 4. The van der Waals surface area contributed by atoms with Crippen molar-refractivity contribution in [2.24, 2.45) is 0 Å². The number of nitrogens with zero attached hydrogens (tertiary/aromatic N) is 1. The Labute approximate surface area is 117 Å². The first-order chi connectivity index (χ1) is 9.10. The van der Waals surface area contributed by atoms with E-state index in [4.69, 9.17) is 4.74 Å². The molecule has 1 amide bonds. The Balaban J connectivity index is 2.25. The minimum absolute atomic E-state index is 0.113. The van der Waals surface area contributed by atoms with Crippen LogP contribution in [-0.4, -0.2) is 23.0 Å². The average molecular weight is 324 g/mol. The topological polar surface area (TPSA) is 84.1 Å². The van der Waals surface area contributed by atoms with Crippen molar-refractivity contribution in [2.75, 3.05) is 12.4 Å². The molecule has 1 aromatic carbocycles. The standard InChI is InChI=1S/C12H10BrN3O3/c1-19-10-3-2-7(13)4-8(10)16-12(18)9-5-15-11(17)6-14-9/h2-6H,1H3,(H,15,17)(H,16,18). The van der Waals surface area contributed by atoms with Crippen LogP contribution in [0.3, 0.4) is 0 Å². The Hall–Kier alpha value is -2.15. The maximum Gasteiger partial charge on any atom is 0.275 e. The van der Waals surface area contributed by atoms with Crippen molar-refractivity contribution in [3.63, 3.8) is 0 Å². The number of anilines is 1. The van der Waals surface area contributed by atoms with E-state index in [0.29, 0.717) is 11.4 Å². The SMILES string of the molecule is COc1ccc(Br)cc1NC(=O)c1c[nH]c(=O)cn1. The minimum atomic E-state index is -0.437. The first kappa shape index (κ1) is 13.3. The van der Waals surface area contributed by atoms with Crippen molar-refractivity contribution in [3.05, 3.63) is 51.1 Å². The fourth-order valence-electron chi connectivity index (χ4n) is 1.43. The molecule has 0 aliphatic carbocycles. The van der Waals surface area contributed by atoms with E-state index in [0.717, 1.165) is 10.7 Å². The highest BCUT2D eigenvalue weighted by atomic mass is 79.9. The van der Waals surface area contributed by atoms with Crippen LogP contribution in [-0.2, 0) is 0 Å². The highest BCUT2D eigenvalue weighted by molar-refractivity contribution is 9.10. The molecule has 0 bridgehead atoms. The highest BCUT2D eigenvalue weighted by Crippen LogP contribution is 2.28. The predicted octanol–water partition coefficient (Wildman–Crippen LogP) is 1.79. The van der Waals surface area contributed by atoms with Crippen LogP contribution in [0, 0.1) is 0 Å². The van der Waals surface area contributed by atoms with Crippen LogP contribution < -0.4 is 15.6 Å². The molecular formula is C12H10BrN3O3. The molecule has 98 valence electrons. The number of aromatic nitrogens is 2. The molecule has 0 saturated heterocycles. The lowest BCUT2D eigenvalue weighted by Gasteiger charge is -2.10. The molecule has 19 heavy (non-hydrogen) atoms. The van der Waals surface area contributed by atoms with Crippen molar-refractivity contribution in [2.45, 2.75) is 0 Å². The Bertz CT molecular complexity index is 649. The summed E-state index contributed by atoms with van der Waals surface area (Å²) in [5, 5.41) is 2.66. The van der Waals surface area contributed by atoms with Gasteiger partial charge >= 0.3 is 0 Å². The van der Waals surface area contributed by atoms with Gasteiger partial charge in [0.2, 0.25) is 0 Å². The second-order valence-corrected chi connectivity index (χ2v) is 4.51. The van der Waals surface area contributed by atoms with E-state index in [-0.39, 0.29) is 11.3 Å². The first-order valence-electron chi connectivity index (χ1n) is 5.30. The second kappa shape index (κ2) is 5.66. The Morgan fingerprint density at radius 3 is 2.89 bits per heavy atom. The van der Waals surface area contributed by atoms with Crippen LogP contribution in [0.5, 0.6) is 5.75 Å². The van der Waals surface area contributed by atoms with E-state index >= 15 is 0 Å². The lowest BCUT2D eigenvalue weighted by atomic mass is 10.3. The third-order valence-corrected chi connectivity index (χ3v) is 2.81. The molecule has 2 N–H and O–H groups in total. The normalized spacial score (nSPS) is 10.0. The van der Waals surface area contributed by atoms with Crippen molar-refractivity contribution < 1.29 is 9.53 Å². The number of methoxy groups -OCH3 is 1. The predicted molar refractivity (Wildman–Crippen MR) is 73.5 cm³/mol. The van der Waals surface area contributed by atoms with Gasteiger partial charge in [-0.25, -0.2) is 4.98 Å². The van der Waals surface area contributed by atoms with E-state index in [1.165, 1.54) is 13.3 Å². The van der Waals surface area contributed by atoms with E-state index in [1.54, 1.807) is 18.2 Å². The summed E-state index contributed by atoms with van der Waals surface area (Å²) in [6.45, 7) is 0. The number of ether oxygens (including phenoxy) is 1. The fraction of sp³-hybridized carbons (Fsp3) is 0.0833. The molecule has 7 heteroatoms. The van der Waals surface area contributed by atoms with Gasteiger partial charge in [0.15, 0.2) is 0 Å². The van der Waals surface area contributed by atoms with Gasteiger partial charge in [0.05, 0.1) is 19.0 Å². The maximum absolute atomic E-state index is 11.9. The molecule has 0 saturated carbocycles. The molecule has 0 atom stereocenters. The molecule has 1 heterocycles. The van der Waals surface area contributed by atoms with Gasteiger partial charge in [-0.15, -0.1) is 0 Å². The van der Waals surface area contributed by atoms with Gasteiger partial charge in [-0.05, 0) is 18.2 Å². The van der Waals surface area contributed by atoms with E-state index in [2.05, 4.69) is 31.2 Å². The molecule has 0 unspecified atom stereocenters.